The predicted octanol–water partition coefficient (Wildman–Crippen LogP) is 3.01. The number of rotatable bonds is 7. The summed E-state index contributed by atoms with van der Waals surface area (Å²) in [5.41, 5.74) is 2.14. The molecule has 2 aromatic carbocycles. The lowest BCUT2D eigenvalue weighted by Gasteiger charge is -2.18. The highest BCUT2D eigenvalue weighted by Gasteiger charge is 2.18. The van der Waals surface area contributed by atoms with Gasteiger partial charge in [-0.1, -0.05) is 36.4 Å². The Hall–Kier alpha value is -2.86. The highest BCUT2D eigenvalue weighted by molar-refractivity contribution is 5.41. The van der Waals surface area contributed by atoms with Crippen LogP contribution in [0.2, 0.25) is 0 Å². The van der Waals surface area contributed by atoms with Crippen LogP contribution in [0.3, 0.4) is 0 Å². The molecule has 6 heteroatoms. The lowest BCUT2D eigenvalue weighted by molar-refractivity contribution is 0.389. The van der Waals surface area contributed by atoms with Gasteiger partial charge in [-0.05, 0) is 18.6 Å². The van der Waals surface area contributed by atoms with Crippen molar-refractivity contribution in [1.29, 1.82) is 0 Å². The van der Waals surface area contributed by atoms with Gasteiger partial charge in [-0.25, -0.2) is 4.98 Å². The fourth-order valence-electron chi connectivity index (χ4n) is 2.70. The van der Waals surface area contributed by atoms with Gasteiger partial charge in [0, 0.05) is 18.2 Å². The minimum atomic E-state index is -0.113. The number of ether oxygens (including phenoxy) is 2. The van der Waals surface area contributed by atoms with Crippen LogP contribution in [-0.2, 0) is 6.54 Å². The number of nitrogens with one attached hydrogen (secondary N) is 2. The molecule has 25 heavy (non-hydrogen) atoms. The minimum Gasteiger partial charge on any atom is -0.497 e. The highest BCUT2D eigenvalue weighted by Crippen LogP contribution is 2.26. The van der Waals surface area contributed by atoms with Gasteiger partial charge in [-0.15, -0.1) is 0 Å². The molecule has 3 aromatic rings. The monoisotopic (exact) mass is 338 g/mol. The van der Waals surface area contributed by atoms with Gasteiger partial charge in [-0.2, -0.15) is 5.10 Å². The molecule has 0 aliphatic carbocycles. The van der Waals surface area contributed by atoms with Gasteiger partial charge < -0.3 is 9.47 Å². The van der Waals surface area contributed by atoms with E-state index < -0.39 is 0 Å². The number of aromatic nitrogens is 3. The third kappa shape index (κ3) is 3.97. The molecule has 1 unspecified atom stereocenters. The average Bonchev–Trinajstić information content (AvgIpc) is 3.09. The molecule has 0 aliphatic heterocycles. The Morgan fingerprint density at radius 1 is 1.08 bits per heavy atom. The molecule has 130 valence electrons. The Morgan fingerprint density at radius 3 is 2.52 bits per heavy atom. The molecule has 1 atom stereocenters. The van der Waals surface area contributed by atoms with E-state index in [0.29, 0.717) is 6.54 Å². The van der Waals surface area contributed by atoms with Crippen LogP contribution in [-0.4, -0.2) is 29.4 Å². The molecule has 0 radical (unpaired) electrons. The smallest absolute Gasteiger partial charge is 0.172 e. The molecular weight excluding hydrogens is 316 g/mol. The molecule has 0 aliphatic rings. The lowest BCUT2D eigenvalue weighted by atomic mass is 10.1. The van der Waals surface area contributed by atoms with Gasteiger partial charge in [0.05, 0.1) is 20.3 Å². The van der Waals surface area contributed by atoms with E-state index in [0.717, 1.165) is 34.3 Å². The van der Waals surface area contributed by atoms with Crippen LogP contribution in [0.4, 0.5) is 0 Å². The molecule has 1 heterocycles. The predicted molar refractivity (Wildman–Crippen MR) is 95.8 cm³/mol. The van der Waals surface area contributed by atoms with Crippen LogP contribution >= 0.6 is 0 Å². The minimum absolute atomic E-state index is 0.113. The van der Waals surface area contributed by atoms with Gasteiger partial charge in [0.1, 0.15) is 17.3 Å². The molecule has 0 spiro atoms. The third-order valence-electron chi connectivity index (χ3n) is 4.00. The number of nitrogens with zero attached hydrogens (tertiary/aromatic N) is 2. The van der Waals surface area contributed by atoms with E-state index in [1.54, 1.807) is 14.2 Å². The van der Waals surface area contributed by atoms with E-state index in [2.05, 4.69) is 32.6 Å². The second-order valence-corrected chi connectivity index (χ2v) is 5.68. The van der Waals surface area contributed by atoms with Crippen molar-refractivity contribution in [2.24, 2.45) is 0 Å². The zero-order valence-electron chi connectivity index (χ0n) is 14.6. The SMILES string of the molecule is COc1ccc(CNC(c2ccccc2)c2n[nH]c(C)n2)c(OC)c1. The van der Waals surface area contributed by atoms with Gasteiger partial charge >= 0.3 is 0 Å². The van der Waals surface area contributed by atoms with Gasteiger partial charge in [-0.3, -0.25) is 10.4 Å². The second-order valence-electron chi connectivity index (χ2n) is 5.68. The van der Waals surface area contributed by atoms with Crippen molar-refractivity contribution < 1.29 is 9.47 Å². The number of aromatic amines is 1. The zero-order chi connectivity index (χ0) is 17.6. The van der Waals surface area contributed by atoms with Crippen molar-refractivity contribution in [1.82, 2.24) is 20.5 Å². The largest absolute Gasteiger partial charge is 0.497 e. The van der Waals surface area contributed by atoms with E-state index in [4.69, 9.17) is 9.47 Å². The van der Waals surface area contributed by atoms with Crippen molar-refractivity contribution in [3.8, 4) is 11.5 Å². The van der Waals surface area contributed by atoms with Crippen molar-refractivity contribution in [2.45, 2.75) is 19.5 Å². The van der Waals surface area contributed by atoms with Gasteiger partial charge in [0.15, 0.2) is 5.82 Å². The Labute approximate surface area is 147 Å². The summed E-state index contributed by atoms with van der Waals surface area (Å²) in [7, 11) is 3.30. The Bertz CT molecular complexity index is 817. The molecular formula is C19H22N4O2. The second kappa shape index (κ2) is 7.81. The van der Waals surface area contributed by atoms with Crippen LogP contribution in [0.25, 0.3) is 0 Å². The first-order valence-electron chi connectivity index (χ1n) is 8.09. The molecule has 1 aromatic heterocycles. The summed E-state index contributed by atoms with van der Waals surface area (Å²) in [5, 5.41) is 10.8. The van der Waals surface area contributed by atoms with Gasteiger partial charge in [0.2, 0.25) is 0 Å². The van der Waals surface area contributed by atoms with E-state index in [-0.39, 0.29) is 6.04 Å². The molecule has 0 bridgehead atoms. The fourth-order valence-corrected chi connectivity index (χ4v) is 2.70. The molecule has 6 nitrogen and oxygen atoms in total. The molecule has 0 saturated heterocycles. The van der Waals surface area contributed by atoms with E-state index in [1.165, 1.54) is 0 Å². The number of aryl methyl sites for hydroxylation is 1. The van der Waals surface area contributed by atoms with Crippen molar-refractivity contribution in [2.75, 3.05) is 14.2 Å². The summed E-state index contributed by atoms with van der Waals surface area (Å²) in [6.45, 7) is 2.51. The number of hydrogen-bond acceptors (Lipinski definition) is 5. The zero-order valence-corrected chi connectivity index (χ0v) is 14.6. The number of H-pyrrole nitrogens is 1. The molecule has 2 N–H and O–H groups in total. The average molecular weight is 338 g/mol. The molecule has 3 rings (SSSR count). The number of benzene rings is 2. The van der Waals surface area contributed by atoms with Crippen LogP contribution < -0.4 is 14.8 Å². The summed E-state index contributed by atoms with van der Waals surface area (Å²) in [6, 6.07) is 15.8. The summed E-state index contributed by atoms with van der Waals surface area (Å²) < 4.78 is 10.7. The quantitative estimate of drug-likeness (QED) is 0.693. The first kappa shape index (κ1) is 17.0. The maximum atomic E-state index is 5.48. The first-order valence-corrected chi connectivity index (χ1v) is 8.09. The first-order chi connectivity index (χ1) is 12.2. The number of hydrogen-bond donors (Lipinski definition) is 2. The van der Waals surface area contributed by atoms with Crippen molar-refractivity contribution in [3.63, 3.8) is 0 Å². The summed E-state index contributed by atoms with van der Waals surface area (Å²) in [6.07, 6.45) is 0. The van der Waals surface area contributed by atoms with E-state index in [9.17, 15) is 0 Å². The normalized spacial score (nSPS) is 12.0. The van der Waals surface area contributed by atoms with Crippen molar-refractivity contribution >= 4 is 0 Å². The fraction of sp³-hybridized carbons (Fsp3) is 0.263. The van der Waals surface area contributed by atoms with Gasteiger partial charge in [0.25, 0.3) is 0 Å². The Balaban J connectivity index is 1.84. The summed E-state index contributed by atoms with van der Waals surface area (Å²) in [5.74, 6) is 3.06. The van der Waals surface area contributed by atoms with Crippen LogP contribution in [0.5, 0.6) is 11.5 Å². The Morgan fingerprint density at radius 2 is 1.88 bits per heavy atom. The maximum absolute atomic E-state index is 5.48. The van der Waals surface area contributed by atoms with E-state index in [1.807, 2.05) is 43.3 Å². The Kier molecular flexibility index (Phi) is 5.30. The van der Waals surface area contributed by atoms with E-state index >= 15 is 0 Å². The number of methoxy groups -OCH3 is 2. The lowest BCUT2D eigenvalue weighted by Crippen LogP contribution is -2.23. The molecule has 0 fully saturated rings. The van der Waals surface area contributed by atoms with Crippen LogP contribution in [0, 0.1) is 6.92 Å². The maximum Gasteiger partial charge on any atom is 0.172 e. The third-order valence-corrected chi connectivity index (χ3v) is 4.00. The van der Waals surface area contributed by atoms with Crippen LogP contribution in [0.1, 0.15) is 28.8 Å². The topological polar surface area (TPSA) is 72.1 Å². The highest BCUT2D eigenvalue weighted by atomic mass is 16.5. The van der Waals surface area contributed by atoms with Crippen molar-refractivity contribution in [3.05, 3.63) is 71.3 Å². The standard InChI is InChI=1S/C19H22N4O2/c1-13-21-19(23-22-13)18(14-7-5-4-6-8-14)20-12-15-9-10-16(24-2)11-17(15)25-3/h4-11,18,20H,12H2,1-3H3,(H,21,22,23). The molecule has 0 saturated carbocycles. The van der Waals surface area contributed by atoms with Crippen LogP contribution in [0.15, 0.2) is 48.5 Å². The summed E-state index contributed by atoms with van der Waals surface area (Å²) >= 11 is 0. The summed E-state index contributed by atoms with van der Waals surface area (Å²) in [4.78, 5) is 4.49. The molecule has 0 amide bonds.